The number of carbonyl (C=O) groups is 3. The van der Waals surface area contributed by atoms with Crippen LogP contribution in [0.5, 0.6) is 0 Å². The van der Waals surface area contributed by atoms with E-state index < -0.39 is 23.8 Å². The zero-order chi connectivity index (χ0) is 20.5. The predicted molar refractivity (Wildman–Crippen MR) is 103 cm³/mol. The molecular weight excluding hydrogens is 360 g/mol. The number of esters is 1. The van der Waals surface area contributed by atoms with Crippen molar-refractivity contribution in [3.63, 3.8) is 0 Å². The van der Waals surface area contributed by atoms with Crippen LogP contribution in [0.25, 0.3) is 0 Å². The van der Waals surface area contributed by atoms with E-state index in [4.69, 9.17) is 9.47 Å². The number of nitrogens with one attached hydrogen (secondary N) is 1. The molecule has 4 atom stereocenters. The largest absolute Gasteiger partial charge is 0.464 e. The highest BCUT2D eigenvalue weighted by Crippen LogP contribution is 2.43. The molecule has 3 rings (SSSR count). The second-order valence-electron chi connectivity index (χ2n) is 9.42. The summed E-state index contributed by atoms with van der Waals surface area (Å²) in [5.41, 5.74) is -0.630. The Bertz CT molecular complexity index is 610. The van der Waals surface area contributed by atoms with Crippen LogP contribution in [0.4, 0.5) is 4.79 Å². The predicted octanol–water partition coefficient (Wildman–Crippen LogP) is 2.87. The van der Waals surface area contributed by atoms with Crippen molar-refractivity contribution < 1.29 is 23.9 Å². The van der Waals surface area contributed by atoms with Gasteiger partial charge in [0, 0.05) is 6.54 Å². The van der Waals surface area contributed by atoms with Crippen LogP contribution in [0.1, 0.15) is 66.2 Å². The molecule has 0 bridgehead atoms. The highest BCUT2D eigenvalue weighted by Gasteiger charge is 2.51. The third-order valence-corrected chi connectivity index (χ3v) is 5.96. The zero-order valence-corrected chi connectivity index (χ0v) is 17.5. The molecule has 0 aromatic heterocycles. The highest BCUT2D eigenvalue weighted by atomic mass is 16.6. The molecule has 2 saturated carbocycles. The lowest BCUT2D eigenvalue weighted by Crippen LogP contribution is -2.53. The summed E-state index contributed by atoms with van der Waals surface area (Å²) in [7, 11) is 0. The number of carbonyl (C=O) groups excluding carboxylic acids is 3. The summed E-state index contributed by atoms with van der Waals surface area (Å²) < 4.78 is 10.6. The van der Waals surface area contributed by atoms with Crippen LogP contribution in [-0.2, 0) is 19.1 Å². The van der Waals surface area contributed by atoms with E-state index in [0.717, 1.165) is 32.1 Å². The van der Waals surface area contributed by atoms with E-state index in [1.165, 1.54) is 0 Å². The number of nitrogens with zero attached hydrogens (tertiary/aromatic N) is 1. The lowest BCUT2D eigenvalue weighted by atomic mass is 9.94. The van der Waals surface area contributed by atoms with Gasteiger partial charge in [0.15, 0.2) is 0 Å². The van der Waals surface area contributed by atoms with E-state index in [2.05, 4.69) is 5.32 Å². The van der Waals surface area contributed by atoms with Crippen LogP contribution in [0.2, 0.25) is 0 Å². The first-order chi connectivity index (χ1) is 13.2. The summed E-state index contributed by atoms with van der Waals surface area (Å²) in [4.78, 5) is 40.0. The number of hydrogen-bond acceptors (Lipinski definition) is 5. The van der Waals surface area contributed by atoms with Gasteiger partial charge in [-0.3, -0.25) is 4.79 Å². The quantitative estimate of drug-likeness (QED) is 0.700. The number of fused-ring (bicyclic) bond motifs is 1. The van der Waals surface area contributed by atoms with Gasteiger partial charge in [0.25, 0.3) is 0 Å². The first-order valence-corrected chi connectivity index (χ1v) is 10.7. The fourth-order valence-corrected chi connectivity index (χ4v) is 4.62. The van der Waals surface area contributed by atoms with Crippen LogP contribution in [-0.4, -0.2) is 53.7 Å². The van der Waals surface area contributed by atoms with Crippen molar-refractivity contribution in [2.75, 3.05) is 13.2 Å². The maximum atomic E-state index is 13.4. The van der Waals surface area contributed by atoms with Gasteiger partial charge in [0.1, 0.15) is 17.7 Å². The molecule has 7 heteroatoms. The number of alkyl carbamates (subject to hydrolysis) is 1. The molecule has 1 aliphatic heterocycles. The second kappa shape index (κ2) is 8.29. The fourth-order valence-electron chi connectivity index (χ4n) is 4.62. The Morgan fingerprint density at radius 3 is 2.46 bits per heavy atom. The smallest absolute Gasteiger partial charge is 0.408 e. The number of rotatable bonds is 6. The van der Waals surface area contributed by atoms with Gasteiger partial charge >= 0.3 is 12.1 Å². The van der Waals surface area contributed by atoms with Crippen molar-refractivity contribution in [3.05, 3.63) is 0 Å². The molecule has 28 heavy (non-hydrogen) atoms. The van der Waals surface area contributed by atoms with E-state index in [1.807, 2.05) is 0 Å². The van der Waals surface area contributed by atoms with Gasteiger partial charge in [0.2, 0.25) is 5.91 Å². The van der Waals surface area contributed by atoms with Gasteiger partial charge in [-0.05, 0) is 64.7 Å². The molecule has 0 aromatic carbocycles. The third kappa shape index (κ3) is 4.97. The molecule has 0 aromatic rings. The van der Waals surface area contributed by atoms with Crippen LogP contribution in [0.15, 0.2) is 0 Å². The Morgan fingerprint density at radius 2 is 1.86 bits per heavy atom. The van der Waals surface area contributed by atoms with Gasteiger partial charge in [-0.2, -0.15) is 0 Å². The molecule has 0 unspecified atom stereocenters. The molecule has 0 radical (unpaired) electrons. The number of ether oxygens (including phenoxy) is 2. The average molecular weight is 395 g/mol. The lowest BCUT2D eigenvalue weighted by Gasteiger charge is -2.30. The average Bonchev–Trinajstić information content (AvgIpc) is 3.14. The van der Waals surface area contributed by atoms with Crippen LogP contribution in [0.3, 0.4) is 0 Å². The minimum absolute atomic E-state index is 0.172. The SMILES string of the molecule is CCOC(=O)[C@@H]1[C@H]2CCC[C@H]2CN1C(=O)[C@H](CC1CC1)NC(=O)OC(C)(C)C. The maximum absolute atomic E-state index is 13.4. The van der Waals surface area contributed by atoms with E-state index in [9.17, 15) is 14.4 Å². The fraction of sp³-hybridized carbons (Fsp3) is 0.857. The van der Waals surface area contributed by atoms with E-state index in [-0.39, 0.29) is 17.8 Å². The molecule has 1 N–H and O–H groups in total. The summed E-state index contributed by atoms with van der Waals surface area (Å²) >= 11 is 0. The molecule has 2 aliphatic carbocycles. The van der Waals surface area contributed by atoms with Gasteiger partial charge in [-0.1, -0.05) is 19.3 Å². The monoisotopic (exact) mass is 394 g/mol. The van der Waals surface area contributed by atoms with E-state index >= 15 is 0 Å². The Labute approximate surface area is 167 Å². The zero-order valence-electron chi connectivity index (χ0n) is 17.5. The minimum atomic E-state index is -0.655. The first-order valence-electron chi connectivity index (χ1n) is 10.7. The third-order valence-electron chi connectivity index (χ3n) is 5.96. The maximum Gasteiger partial charge on any atom is 0.408 e. The minimum Gasteiger partial charge on any atom is -0.464 e. The Morgan fingerprint density at radius 1 is 1.14 bits per heavy atom. The van der Waals surface area contributed by atoms with Crippen molar-refractivity contribution in [3.8, 4) is 0 Å². The molecule has 0 spiro atoms. The topological polar surface area (TPSA) is 84.9 Å². The molecule has 3 fully saturated rings. The van der Waals surface area contributed by atoms with E-state index in [0.29, 0.717) is 31.4 Å². The Balaban J connectivity index is 1.74. The summed E-state index contributed by atoms with van der Waals surface area (Å²) in [5.74, 6) is 0.484. The van der Waals surface area contributed by atoms with Gasteiger partial charge in [0.05, 0.1) is 6.61 Å². The summed E-state index contributed by atoms with van der Waals surface area (Å²) in [5, 5.41) is 2.77. The van der Waals surface area contributed by atoms with Crippen LogP contribution in [0, 0.1) is 17.8 Å². The van der Waals surface area contributed by atoms with Crippen LogP contribution >= 0.6 is 0 Å². The van der Waals surface area contributed by atoms with Crippen molar-refractivity contribution in [2.24, 2.45) is 17.8 Å². The molecular formula is C21H34N2O5. The molecule has 2 amide bonds. The van der Waals surface area contributed by atoms with Crippen molar-refractivity contribution in [1.29, 1.82) is 0 Å². The molecule has 3 aliphatic rings. The van der Waals surface area contributed by atoms with Gasteiger partial charge < -0.3 is 19.7 Å². The molecule has 1 heterocycles. The lowest BCUT2D eigenvalue weighted by molar-refractivity contribution is -0.155. The van der Waals surface area contributed by atoms with E-state index in [1.54, 1.807) is 32.6 Å². The van der Waals surface area contributed by atoms with Crippen LogP contribution < -0.4 is 5.32 Å². The van der Waals surface area contributed by atoms with Crippen molar-refractivity contribution in [1.82, 2.24) is 10.2 Å². The molecule has 158 valence electrons. The normalized spacial score (nSPS) is 27.9. The Hall–Kier alpha value is -1.79. The number of likely N-dealkylation sites (tertiary alicyclic amines) is 1. The van der Waals surface area contributed by atoms with Gasteiger partial charge in [-0.15, -0.1) is 0 Å². The second-order valence-corrected chi connectivity index (χ2v) is 9.42. The molecule has 1 saturated heterocycles. The number of hydrogen-bond donors (Lipinski definition) is 1. The standard InChI is InChI=1S/C21H34N2O5/c1-5-27-19(25)17-15-8-6-7-14(15)12-23(17)18(24)16(11-13-9-10-13)22-20(26)28-21(2,3)4/h13-17H,5-12H2,1-4H3,(H,22,26)/t14-,15-,16-,17-/m0/s1. The highest BCUT2D eigenvalue weighted by molar-refractivity contribution is 5.90. The first kappa shape index (κ1) is 20.9. The summed E-state index contributed by atoms with van der Waals surface area (Å²) in [6.45, 7) is 8.04. The summed E-state index contributed by atoms with van der Waals surface area (Å²) in [6.07, 6.45) is 5.24. The number of amides is 2. The van der Waals surface area contributed by atoms with Crippen molar-refractivity contribution in [2.45, 2.75) is 83.9 Å². The van der Waals surface area contributed by atoms with Crippen molar-refractivity contribution >= 4 is 18.0 Å². The Kier molecular flexibility index (Phi) is 6.20. The molecule has 7 nitrogen and oxygen atoms in total. The van der Waals surface area contributed by atoms with Gasteiger partial charge in [-0.25, -0.2) is 9.59 Å². The summed E-state index contributed by atoms with van der Waals surface area (Å²) in [6, 6.07) is -1.18.